The minimum Gasteiger partial charge on any atom is -0.496 e. The molecule has 0 fully saturated rings. The molecule has 0 saturated carbocycles. The Balaban J connectivity index is 1.52. The molecule has 3 rings (SSSR count). The molecule has 0 atom stereocenters. The second-order valence-electron chi connectivity index (χ2n) is 6.26. The van der Waals surface area contributed by atoms with Gasteiger partial charge >= 0.3 is 0 Å². The van der Waals surface area contributed by atoms with Crippen molar-refractivity contribution in [3.63, 3.8) is 0 Å². The first-order valence-corrected chi connectivity index (χ1v) is 9.04. The molecule has 4 heteroatoms. The van der Waals surface area contributed by atoms with Gasteiger partial charge in [0.05, 0.1) is 7.11 Å². The highest BCUT2D eigenvalue weighted by atomic mass is 19.1. The van der Waals surface area contributed by atoms with Crippen molar-refractivity contribution in [2.45, 2.75) is 19.6 Å². The van der Waals surface area contributed by atoms with Crippen LogP contribution in [0.4, 0.5) is 4.39 Å². The van der Waals surface area contributed by atoms with Crippen LogP contribution in [0.25, 0.3) is 0 Å². The second-order valence-corrected chi connectivity index (χ2v) is 6.26. The molecule has 1 N–H and O–H groups in total. The SMILES string of the molecule is COc1ccccc1CCNCc1ccccc1OCc1ccc(F)cc1. The van der Waals surface area contributed by atoms with Crippen LogP contribution >= 0.6 is 0 Å². The minimum absolute atomic E-state index is 0.238. The summed E-state index contributed by atoms with van der Waals surface area (Å²) in [6.07, 6.45) is 0.891. The molecule has 0 spiro atoms. The summed E-state index contributed by atoms with van der Waals surface area (Å²) in [5.74, 6) is 1.52. The highest BCUT2D eigenvalue weighted by molar-refractivity contribution is 5.34. The Morgan fingerprint density at radius 3 is 2.22 bits per heavy atom. The van der Waals surface area contributed by atoms with Gasteiger partial charge in [0, 0.05) is 12.1 Å². The van der Waals surface area contributed by atoms with Crippen molar-refractivity contribution in [2.75, 3.05) is 13.7 Å². The van der Waals surface area contributed by atoms with Crippen molar-refractivity contribution in [1.82, 2.24) is 5.32 Å². The van der Waals surface area contributed by atoms with E-state index < -0.39 is 0 Å². The Morgan fingerprint density at radius 2 is 1.48 bits per heavy atom. The summed E-state index contributed by atoms with van der Waals surface area (Å²) in [5, 5.41) is 3.46. The van der Waals surface area contributed by atoms with Crippen molar-refractivity contribution >= 4 is 0 Å². The van der Waals surface area contributed by atoms with Gasteiger partial charge in [0.2, 0.25) is 0 Å². The Hall–Kier alpha value is -2.85. The van der Waals surface area contributed by atoms with Crippen LogP contribution < -0.4 is 14.8 Å². The zero-order valence-corrected chi connectivity index (χ0v) is 15.5. The Kier molecular flexibility index (Phi) is 6.83. The number of rotatable bonds is 9. The van der Waals surface area contributed by atoms with Crippen LogP contribution in [-0.2, 0) is 19.6 Å². The quantitative estimate of drug-likeness (QED) is 0.555. The number of hydrogen-bond donors (Lipinski definition) is 1. The van der Waals surface area contributed by atoms with Crippen LogP contribution in [0, 0.1) is 5.82 Å². The van der Waals surface area contributed by atoms with Gasteiger partial charge in [0.25, 0.3) is 0 Å². The van der Waals surface area contributed by atoms with Gasteiger partial charge < -0.3 is 14.8 Å². The fraction of sp³-hybridized carbons (Fsp3) is 0.217. The van der Waals surface area contributed by atoms with Crippen LogP contribution in [0.3, 0.4) is 0 Å². The first kappa shape index (κ1) is 18.9. The molecule has 0 unspecified atom stereocenters. The van der Waals surface area contributed by atoms with E-state index in [1.54, 1.807) is 19.2 Å². The van der Waals surface area contributed by atoms with Gasteiger partial charge in [-0.2, -0.15) is 0 Å². The summed E-state index contributed by atoms with van der Waals surface area (Å²) < 4.78 is 24.3. The summed E-state index contributed by atoms with van der Waals surface area (Å²) in [5.41, 5.74) is 3.23. The molecular formula is C23H24FNO2. The van der Waals surface area contributed by atoms with Gasteiger partial charge in [-0.3, -0.25) is 0 Å². The molecule has 0 aliphatic carbocycles. The van der Waals surface area contributed by atoms with E-state index in [1.807, 2.05) is 36.4 Å². The van der Waals surface area contributed by atoms with Gasteiger partial charge in [-0.05, 0) is 48.4 Å². The van der Waals surface area contributed by atoms with E-state index in [9.17, 15) is 4.39 Å². The molecule has 0 saturated heterocycles. The maximum absolute atomic E-state index is 13.0. The first-order chi connectivity index (χ1) is 13.3. The number of halogens is 1. The first-order valence-electron chi connectivity index (χ1n) is 9.04. The third kappa shape index (κ3) is 5.56. The van der Waals surface area contributed by atoms with Gasteiger partial charge in [0.1, 0.15) is 23.9 Å². The summed E-state index contributed by atoms with van der Waals surface area (Å²) in [7, 11) is 1.70. The van der Waals surface area contributed by atoms with E-state index in [0.29, 0.717) is 6.61 Å². The van der Waals surface area contributed by atoms with E-state index in [2.05, 4.69) is 17.4 Å². The summed E-state index contributed by atoms with van der Waals surface area (Å²) in [6.45, 7) is 1.97. The summed E-state index contributed by atoms with van der Waals surface area (Å²) >= 11 is 0. The molecule has 3 aromatic carbocycles. The van der Waals surface area contributed by atoms with Crippen molar-refractivity contribution < 1.29 is 13.9 Å². The van der Waals surface area contributed by atoms with E-state index in [4.69, 9.17) is 9.47 Å². The smallest absolute Gasteiger partial charge is 0.124 e. The zero-order valence-electron chi connectivity index (χ0n) is 15.5. The number of benzene rings is 3. The average molecular weight is 365 g/mol. The normalized spacial score (nSPS) is 10.6. The third-order valence-corrected chi connectivity index (χ3v) is 4.36. The summed E-state index contributed by atoms with van der Waals surface area (Å²) in [4.78, 5) is 0. The van der Waals surface area contributed by atoms with Crippen molar-refractivity contribution in [3.05, 3.63) is 95.3 Å². The minimum atomic E-state index is -0.238. The number of ether oxygens (including phenoxy) is 2. The lowest BCUT2D eigenvalue weighted by Gasteiger charge is -2.13. The highest BCUT2D eigenvalue weighted by Gasteiger charge is 2.05. The second kappa shape index (κ2) is 9.74. The molecule has 27 heavy (non-hydrogen) atoms. The molecule has 0 aliphatic rings. The molecule has 0 aliphatic heterocycles. The lowest BCUT2D eigenvalue weighted by atomic mass is 10.1. The lowest BCUT2D eigenvalue weighted by molar-refractivity contribution is 0.302. The monoisotopic (exact) mass is 365 g/mol. The number of hydrogen-bond acceptors (Lipinski definition) is 3. The van der Waals surface area contributed by atoms with Gasteiger partial charge in [-0.25, -0.2) is 4.39 Å². The lowest BCUT2D eigenvalue weighted by Crippen LogP contribution is -2.17. The molecule has 0 amide bonds. The van der Waals surface area contributed by atoms with E-state index in [0.717, 1.165) is 42.1 Å². The molecule has 3 nitrogen and oxygen atoms in total. The van der Waals surface area contributed by atoms with Crippen LogP contribution in [0.5, 0.6) is 11.5 Å². The molecule has 0 aromatic heterocycles. The molecule has 0 bridgehead atoms. The number of para-hydroxylation sites is 2. The average Bonchev–Trinajstić information content (AvgIpc) is 2.72. The van der Waals surface area contributed by atoms with E-state index in [-0.39, 0.29) is 5.82 Å². The van der Waals surface area contributed by atoms with Gasteiger partial charge in [0.15, 0.2) is 0 Å². The fourth-order valence-corrected chi connectivity index (χ4v) is 2.89. The van der Waals surface area contributed by atoms with E-state index >= 15 is 0 Å². The standard InChI is InChI=1S/C23H24FNO2/c1-26-22-8-4-2-6-19(22)14-15-25-16-20-7-3-5-9-23(20)27-17-18-10-12-21(24)13-11-18/h2-13,25H,14-17H2,1H3. The Bertz CT molecular complexity index is 849. The molecule has 3 aromatic rings. The van der Waals surface area contributed by atoms with Crippen LogP contribution in [0.15, 0.2) is 72.8 Å². The third-order valence-electron chi connectivity index (χ3n) is 4.36. The maximum Gasteiger partial charge on any atom is 0.124 e. The number of methoxy groups -OCH3 is 1. The Morgan fingerprint density at radius 1 is 0.815 bits per heavy atom. The molecule has 140 valence electrons. The van der Waals surface area contributed by atoms with Crippen LogP contribution in [0.1, 0.15) is 16.7 Å². The molecule has 0 radical (unpaired) electrons. The fourth-order valence-electron chi connectivity index (χ4n) is 2.89. The topological polar surface area (TPSA) is 30.5 Å². The van der Waals surface area contributed by atoms with Crippen LogP contribution in [-0.4, -0.2) is 13.7 Å². The van der Waals surface area contributed by atoms with Gasteiger partial charge in [-0.1, -0.05) is 48.5 Å². The molecule has 0 heterocycles. The molecular weight excluding hydrogens is 341 g/mol. The Labute approximate surface area is 159 Å². The van der Waals surface area contributed by atoms with Gasteiger partial charge in [-0.15, -0.1) is 0 Å². The summed E-state index contributed by atoms with van der Waals surface area (Å²) in [6, 6.07) is 22.4. The largest absolute Gasteiger partial charge is 0.496 e. The highest BCUT2D eigenvalue weighted by Crippen LogP contribution is 2.20. The van der Waals surface area contributed by atoms with Crippen molar-refractivity contribution in [2.24, 2.45) is 0 Å². The zero-order chi connectivity index (χ0) is 18.9. The van der Waals surface area contributed by atoms with Crippen molar-refractivity contribution in [1.29, 1.82) is 0 Å². The number of nitrogens with one attached hydrogen (secondary N) is 1. The van der Waals surface area contributed by atoms with Crippen LogP contribution in [0.2, 0.25) is 0 Å². The van der Waals surface area contributed by atoms with Crippen molar-refractivity contribution in [3.8, 4) is 11.5 Å². The predicted octanol–water partition coefficient (Wildman–Crippen LogP) is 4.75. The predicted molar refractivity (Wildman–Crippen MR) is 106 cm³/mol. The maximum atomic E-state index is 13.0. The van der Waals surface area contributed by atoms with E-state index in [1.165, 1.54) is 17.7 Å².